The van der Waals surface area contributed by atoms with Gasteiger partial charge in [-0.3, -0.25) is 4.90 Å². The minimum atomic E-state index is -0.271. The number of hydrogen-bond acceptors (Lipinski definition) is 5. The Balaban J connectivity index is 1.59. The van der Waals surface area contributed by atoms with E-state index in [1.165, 1.54) is 6.42 Å². The first kappa shape index (κ1) is 21.7. The van der Waals surface area contributed by atoms with Gasteiger partial charge in [-0.15, -0.1) is 0 Å². The van der Waals surface area contributed by atoms with E-state index in [9.17, 15) is 4.79 Å². The first-order valence-corrected chi connectivity index (χ1v) is 11.0. The predicted octanol–water partition coefficient (Wildman–Crippen LogP) is 4.65. The molecular weight excluding hydrogens is 406 g/mol. The molecule has 1 N–H and O–H groups in total. The number of carbonyl (C=O) groups is 1. The molecule has 1 aliphatic rings. The summed E-state index contributed by atoms with van der Waals surface area (Å²) in [4.78, 5) is 19.7. The van der Waals surface area contributed by atoms with Gasteiger partial charge in [0.25, 0.3) is 0 Å². The number of ether oxygens (including phenoxy) is 2. The molecule has 0 aliphatic carbocycles. The second kappa shape index (κ2) is 10.2. The van der Waals surface area contributed by atoms with Crippen LogP contribution in [0.15, 0.2) is 48.5 Å². The van der Waals surface area contributed by atoms with E-state index in [1.807, 2.05) is 54.1 Å². The van der Waals surface area contributed by atoms with Crippen molar-refractivity contribution in [1.82, 2.24) is 14.8 Å². The highest BCUT2D eigenvalue weighted by Crippen LogP contribution is 2.24. The summed E-state index contributed by atoms with van der Waals surface area (Å²) >= 11 is 0. The molecular formula is C24H29N5O3. The number of urea groups is 1. The molecule has 1 aliphatic heterocycles. The van der Waals surface area contributed by atoms with Gasteiger partial charge in [0.15, 0.2) is 5.82 Å². The summed E-state index contributed by atoms with van der Waals surface area (Å²) in [6.45, 7) is 3.67. The minimum absolute atomic E-state index is 0.268. The quantitative estimate of drug-likeness (QED) is 0.584. The number of nitrogens with one attached hydrogen (secondary N) is 1. The maximum atomic E-state index is 13.3. The molecule has 8 nitrogen and oxygen atoms in total. The number of hydrogen-bond donors (Lipinski definition) is 1. The molecule has 1 aromatic heterocycles. The van der Waals surface area contributed by atoms with Crippen LogP contribution >= 0.6 is 0 Å². The van der Waals surface area contributed by atoms with Gasteiger partial charge in [0.1, 0.15) is 17.3 Å². The molecule has 0 atom stereocenters. The average molecular weight is 436 g/mol. The first-order chi connectivity index (χ1) is 15.7. The molecule has 0 bridgehead atoms. The molecule has 0 radical (unpaired) electrons. The number of benzene rings is 2. The van der Waals surface area contributed by atoms with Gasteiger partial charge in [-0.2, -0.15) is 5.10 Å². The van der Waals surface area contributed by atoms with Crippen LogP contribution in [-0.2, 0) is 19.5 Å². The summed E-state index contributed by atoms with van der Waals surface area (Å²) in [6.07, 6.45) is 4.35. The van der Waals surface area contributed by atoms with Gasteiger partial charge in [-0.1, -0.05) is 12.5 Å². The Hall–Kier alpha value is -3.55. The summed E-state index contributed by atoms with van der Waals surface area (Å²) in [5.74, 6) is 3.07. The number of nitrogens with zero attached hydrogens (tertiary/aromatic N) is 4. The van der Waals surface area contributed by atoms with Gasteiger partial charge in [-0.25, -0.2) is 14.5 Å². The fourth-order valence-electron chi connectivity index (χ4n) is 3.78. The molecule has 0 spiro atoms. The fourth-order valence-corrected chi connectivity index (χ4v) is 3.78. The summed E-state index contributed by atoms with van der Waals surface area (Å²) < 4.78 is 12.8. The lowest BCUT2D eigenvalue weighted by molar-refractivity contribution is 0.256. The summed E-state index contributed by atoms with van der Waals surface area (Å²) in [7, 11) is 1.60. The largest absolute Gasteiger partial charge is 0.497 e. The van der Waals surface area contributed by atoms with Gasteiger partial charge < -0.3 is 14.8 Å². The SMILES string of the molecule is CCOc1ccc(N(Cc2nc3n(n2)CCCCC3)C(=O)Nc2cccc(OC)c2)cc1. The molecule has 32 heavy (non-hydrogen) atoms. The lowest BCUT2D eigenvalue weighted by atomic mass is 10.2. The molecule has 2 aromatic carbocycles. The molecule has 2 amide bonds. The average Bonchev–Trinajstić information content (AvgIpc) is 3.06. The zero-order chi connectivity index (χ0) is 22.3. The summed E-state index contributed by atoms with van der Waals surface area (Å²) in [5.41, 5.74) is 1.39. The van der Waals surface area contributed by atoms with Crippen LogP contribution in [0.25, 0.3) is 0 Å². The van der Waals surface area contributed by atoms with Gasteiger partial charge in [0.2, 0.25) is 0 Å². The second-order valence-electron chi connectivity index (χ2n) is 7.65. The molecule has 0 unspecified atom stereocenters. The van der Waals surface area contributed by atoms with E-state index in [0.717, 1.165) is 43.1 Å². The van der Waals surface area contributed by atoms with Crippen LogP contribution in [0, 0.1) is 0 Å². The summed E-state index contributed by atoms with van der Waals surface area (Å²) in [6, 6.07) is 14.5. The van der Waals surface area contributed by atoms with Crippen LogP contribution in [0.4, 0.5) is 16.2 Å². The monoisotopic (exact) mass is 435 g/mol. The molecule has 0 fully saturated rings. The number of anilines is 2. The normalized spacial score (nSPS) is 13.1. The number of fused-ring (bicyclic) bond motifs is 1. The number of rotatable bonds is 7. The highest BCUT2D eigenvalue weighted by atomic mass is 16.5. The molecule has 168 valence electrons. The van der Waals surface area contributed by atoms with Crippen LogP contribution in [0.5, 0.6) is 11.5 Å². The van der Waals surface area contributed by atoms with Gasteiger partial charge in [0, 0.05) is 30.4 Å². The zero-order valence-electron chi connectivity index (χ0n) is 18.6. The van der Waals surface area contributed by atoms with Crippen molar-refractivity contribution in [2.45, 2.75) is 45.7 Å². The van der Waals surface area contributed by atoms with Crippen molar-refractivity contribution < 1.29 is 14.3 Å². The Morgan fingerprint density at radius 3 is 2.75 bits per heavy atom. The number of aromatic nitrogens is 3. The van der Waals surface area contributed by atoms with Crippen LogP contribution in [0.2, 0.25) is 0 Å². The smallest absolute Gasteiger partial charge is 0.326 e. The Labute approximate surface area is 188 Å². The Morgan fingerprint density at radius 2 is 1.97 bits per heavy atom. The van der Waals surface area contributed by atoms with E-state index in [0.29, 0.717) is 23.9 Å². The van der Waals surface area contributed by atoms with Gasteiger partial charge in [0.05, 0.1) is 20.3 Å². The fraction of sp³-hybridized carbons (Fsp3) is 0.375. The van der Waals surface area contributed by atoms with E-state index >= 15 is 0 Å². The van der Waals surface area contributed by atoms with Crippen molar-refractivity contribution in [2.24, 2.45) is 0 Å². The van der Waals surface area contributed by atoms with Crippen molar-refractivity contribution in [2.75, 3.05) is 23.9 Å². The van der Waals surface area contributed by atoms with E-state index in [1.54, 1.807) is 18.1 Å². The maximum absolute atomic E-state index is 13.3. The standard InChI is InChI=1S/C24H29N5O3/c1-3-32-20-13-11-19(12-14-20)28(24(30)25-18-8-7-9-21(16-18)31-2)17-22-26-23-10-5-4-6-15-29(23)27-22/h7-9,11-14,16H,3-6,10,15,17H2,1-2H3,(H,25,30). The Kier molecular flexibility index (Phi) is 6.89. The molecule has 0 saturated carbocycles. The van der Waals surface area contributed by atoms with Crippen LogP contribution in [0.3, 0.4) is 0 Å². The second-order valence-corrected chi connectivity index (χ2v) is 7.65. The van der Waals surface area contributed by atoms with E-state index in [2.05, 4.69) is 10.4 Å². The molecule has 2 heterocycles. The molecule has 4 rings (SSSR count). The zero-order valence-corrected chi connectivity index (χ0v) is 18.6. The van der Waals surface area contributed by atoms with Crippen LogP contribution in [-0.4, -0.2) is 34.5 Å². The van der Waals surface area contributed by atoms with Gasteiger partial charge in [-0.05, 0) is 56.2 Å². The predicted molar refractivity (Wildman–Crippen MR) is 123 cm³/mol. The topological polar surface area (TPSA) is 81.5 Å². The first-order valence-electron chi connectivity index (χ1n) is 11.0. The van der Waals surface area contributed by atoms with Crippen LogP contribution < -0.4 is 19.7 Å². The highest BCUT2D eigenvalue weighted by Gasteiger charge is 2.21. The van der Waals surface area contributed by atoms with E-state index in [4.69, 9.17) is 14.5 Å². The van der Waals surface area contributed by atoms with E-state index < -0.39 is 0 Å². The Morgan fingerprint density at radius 1 is 1.12 bits per heavy atom. The van der Waals surface area contributed by atoms with Crippen molar-refractivity contribution >= 4 is 17.4 Å². The third kappa shape index (κ3) is 5.19. The van der Waals surface area contributed by atoms with Crippen molar-refractivity contribution in [3.63, 3.8) is 0 Å². The Bertz CT molecular complexity index is 1020. The number of amides is 2. The van der Waals surface area contributed by atoms with Crippen molar-refractivity contribution in [1.29, 1.82) is 0 Å². The third-order valence-electron chi connectivity index (χ3n) is 5.39. The van der Waals surface area contributed by atoms with Crippen molar-refractivity contribution in [3.8, 4) is 11.5 Å². The molecule has 0 saturated heterocycles. The molecule has 3 aromatic rings. The lowest BCUT2D eigenvalue weighted by Crippen LogP contribution is -2.35. The number of methoxy groups -OCH3 is 1. The van der Waals surface area contributed by atoms with E-state index in [-0.39, 0.29) is 12.6 Å². The van der Waals surface area contributed by atoms with Crippen LogP contribution in [0.1, 0.15) is 37.8 Å². The minimum Gasteiger partial charge on any atom is -0.497 e. The van der Waals surface area contributed by atoms with Gasteiger partial charge >= 0.3 is 6.03 Å². The number of carbonyl (C=O) groups excluding carboxylic acids is 1. The number of aryl methyl sites for hydroxylation is 2. The lowest BCUT2D eigenvalue weighted by Gasteiger charge is -2.22. The highest BCUT2D eigenvalue weighted by molar-refractivity contribution is 6.01. The summed E-state index contributed by atoms with van der Waals surface area (Å²) in [5, 5.41) is 7.64. The third-order valence-corrected chi connectivity index (χ3v) is 5.39. The maximum Gasteiger partial charge on any atom is 0.326 e. The molecule has 8 heteroatoms. The van der Waals surface area contributed by atoms with Crippen molar-refractivity contribution in [3.05, 3.63) is 60.2 Å².